The van der Waals surface area contributed by atoms with E-state index in [0.717, 1.165) is 17.8 Å². The molecule has 2 aromatic rings. The summed E-state index contributed by atoms with van der Waals surface area (Å²) in [6, 6.07) is 10.2. The molecule has 2 N–H and O–H groups in total. The molecule has 4 nitrogen and oxygen atoms in total. The first-order valence-electron chi connectivity index (χ1n) is 8.43. The number of carbonyl (C=O) groups excluding carboxylic acids is 1. The molecule has 1 aromatic heterocycles. The fourth-order valence-electron chi connectivity index (χ4n) is 2.44. The predicted octanol–water partition coefficient (Wildman–Crippen LogP) is 4.65. The van der Waals surface area contributed by atoms with Crippen molar-refractivity contribution in [1.29, 1.82) is 0 Å². The Morgan fingerprint density at radius 3 is 2.58 bits per heavy atom. The van der Waals surface area contributed by atoms with Crippen molar-refractivity contribution in [2.75, 3.05) is 5.32 Å². The third kappa shape index (κ3) is 4.57. The van der Waals surface area contributed by atoms with E-state index >= 15 is 0 Å². The van der Waals surface area contributed by atoms with Crippen molar-refractivity contribution in [1.82, 2.24) is 10.3 Å². The van der Waals surface area contributed by atoms with Gasteiger partial charge in [0.2, 0.25) is 0 Å². The normalized spacial score (nSPS) is 12.5. The first kappa shape index (κ1) is 18.0. The van der Waals surface area contributed by atoms with Crippen LogP contribution in [0, 0.1) is 0 Å². The third-order valence-corrected chi connectivity index (χ3v) is 4.00. The van der Waals surface area contributed by atoms with E-state index in [1.165, 1.54) is 5.56 Å². The second-order valence-electron chi connectivity index (χ2n) is 7.17. The van der Waals surface area contributed by atoms with E-state index in [0.29, 0.717) is 5.56 Å². The fraction of sp³-hybridized carbons (Fsp3) is 0.400. The molecule has 0 saturated carbocycles. The highest BCUT2D eigenvalue weighted by molar-refractivity contribution is 5.95. The summed E-state index contributed by atoms with van der Waals surface area (Å²) in [6.45, 7) is 10.6. The van der Waals surface area contributed by atoms with Crippen molar-refractivity contribution < 1.29 is 4.79 Å². The van der Waals surface area contributed by atoms with Crippen molar-refractivity contribution in [3.05, 3.63) is 53.9 Å². The lowest BCUT2D eigenvalue weighted by Crippen LogP contribution is -2.32. The van der Waals surface area contributed by atoms with Gasteiger partial charge in [-0.3, -0.25) is 9.78 Å². The summed E-state index contributed by atoms with van der Waals surface area (Å²) >= 11 is 0. The molecule has 0 aliphatic rings. The van der Waals surface area contributed by atoms with Gasteiger partial charge in [0, 0.05) is 17.9 Å². The summed E-state index contributed by atoms with van der Waals surface area (Å²) in [5.41, 5.74) is 3.66. The standard InChI is InChI=1S/C20H27N3O/c1-6-14(2)22-19(24)15-11-16(13-21-12-15)23-18-10-8-7-9-17(18)20(3,4)5/h7-14,23H,6H2,1-5H3,(H,22,24). The van der Waals surface area contributed by atoms with Gasteiger partial charge in [-0.05, 0) is 36.5 Å². The highest BCUT2D eigenvalue weighted by Crippen LogP contribution is 2.31. The Labute approximate surface area is 144 Å². The summed E-state index contributed by atoms with van der Waals surface area (Å²) < 4.78 is 0. The molecule has 0 aliphatic carbocycles. The van der Waals surface area contributed by atoms with Gasteiger partial charge in [0.05, 0.1) is 17.4 Å². The molecule has 2 rings (SSSR count). The second-order valence-corrected chi connectivity index (χ2v) is 7.17. The Hall–Kier alpha value is -2.36. The summed E-state index contributed by atoms with van der Waals surface area (Å²) in [7, 11) is 0. The van der Waals surface area contributed by atoms with Crippen LogP contribution in [0.5, 0.6) is 0 Å². The number of hydrogen-bond donors (Lipinski definition) is 2. The van der Waals surface area contributed by atoms with Crippen LogP contribution >= 0.6 is 0 Å². The lowest BCUT2D eigenvalue weighted by Gasteiger charge is -2.23. The Balaban J connectivity index is 2.23. The molecule has 1 amide bonds. The predicted molar refractivity (Wildman–Crippen MR) is 99.9 cm³/mol. The molecule has 1 aromatic carbocycles. The zero-order valence-electron chi connectivity index (χ0n) is 15.2. The summed E-state index contributed by atoms with van der Waals surface area (Å²) in [5.74, 6) is -0.0930. The molecule has 1 atom stereocenters. The van der Waals surface area contributed by atoms with E-state index < -0.39 is 0 Å². The SMILES string of the molecule is CCC(C)NC(=O)c1cncc(Nc2ccccc2C(C)(C)C)c1. The van der Waals surface area contributed by atoms with E-state index in [9.17, 15) is 4.79 Å². The molecular formula is C20H27N3O. The smallest absolute Gasteiger partial charge is 0.253 e. The number of amides is 1. The maximum absolute atomic E-state index is 12.3. The molecule has 0 radical (unpaired) electrons. The Kier molecular flexibility index (Phi) is 5.60. The lowest BCUT2D eigenvalue weighted by atomic mass is 9.86. The van der Waals surface area contributed by atoms with Gasteiger partial charge in [0.25, 0.3) is 5.91 Å². The van der Waals surface area contributed by atoms with Crippen LogP contribution in [0.3, 0.4) is 0 Å². The zero-order valence-corrected chi connectivity index (χ0v) is 15.2. The van der Waals surface area contributed by atoms with E-state index in [-0.39, 0.29) is 17.4 Å². The number of anilines is 2. The number of rotatable bonds is 5. The Morgan fingerprint density at radius 1 is 1.21 bits per heavy atom. The molecule has 24 heavy (non-hydrogen) atoms. The maximum Gasteiger partial charge on any atom is 0.253 e. The number of hydrogen-bond acceptors (Lipinski definition) is 3. The molecule has 0 spiro atoms. The number of para-hydroxylation sites is 1. The van der Waals surface area contributed by atoms with Gasteiger partial charge >= 0.3 is 0 Å². The van der Waals surface area contributed by atoms with Crippen LogP contribution in [0.15, 0.2) is 42.7 Å². The maximum atomic E-state index is 12.3. The van der Waals surface area contributed by atoms with Gasteiger partial charge in [0.15, 0.2) is 0 Å². The van der Waals surface area contributed by atoms with E-state index in [4.69, 9.17) is 0 Å². The minimum absolute atomic E-state index is 0.0303. The highest BCUT2D eigenvalue weighted by Gasteiger charge is 2.17. The van der Waals surface area contributed by atoms with Crippen LogP contribution in [-0.4, -0.2) is 16.9 Å². The molecular weight excluding hydrogens is 298 g/mol. The highest BCUT2D eigenvalue weighted by atomic mass is 16.1. The van der Waals surface area contributed by atoms with E-state index in [1.54, 1.807) is 12.4 Å². The Morgan fingerprint density at radius 2 is 1.92 bits per heavy atom. The van der Waals surface area contributed by atoms with Crippen LogP contribution in [0.25, 0.3) is 0 Å². The summed E-state index contributed by atoms with van der Waals surface area (Å²) in [4.78, 5) is 16.5. The zero-order chi connectivity index (χ0) is 17.7. The van der Waals surface area contributed by atoms with Gasteiger partial charge in [-0.2, -0.15) is 0 Å². The summed E-state index contributed by atoms with van der Waals surface area (Å²) in [5, 5.41) is 6.36. The fourth-order valence-corrected chi connectivity index (χ4v) is 2.44. The topological polar surface area (TPSA) is 54.0 Å². The second kappa shape index (κ2) is 7.47. The quantitative estimate of drug-likeness (QED) is 0.841. The van der Waals surface area contributed by atoms with E-state index in [2.05, 4.69) is 42.5 Å². The van der Waals surface area contributed by atoms with Crippen LogP contribution in [0.4, 0.5) is 11.4 Å². The molecule has 4 heteroatoms. The van der Waals surface area contributed by atoms with Gasteiger partial charge in [-0.1, -0.05) is 45.9 Å². The van der Waals surface area contributed by atoms with Gasteiger partial charge in [0.1, 0.15) is 0 Å². The average molecular weight is 325 g/mol. The van der Waals surface area contributed by atoms with Gasteiger partial charge in [-0.25, -0.2) is 0 Å². The van der Waals surface area contributed by atoms with Crippen LogP contribution in [-0.2, 0) is 5.41 Å². The van der Waals surface area contributed by atoms with Crippen molar-refractivity contribution in [3.63, 3.8) is 0 Å². The summed E-state index contributed by atoms with van der Waals surface area (Å²) in [6.07, 6.45) is 4.23. The number of nitrogens with one attached hydrogen (secondary N) is 2. The molecule has 0 bridgehead atoms. The largest absolute Gasteiger partial charge is 0.354 e. The number of aromatic nitrogens is 1. The number of carbonyl (C=O) groups is 1. The molecule has 1 unspecified atom stereocenters. The van der Waals surface area contributed by atoms with Crippen molar-refractivity contribution >= 4 is 17.3 Å². The molecule has 128 valence electrons. The van der Waals surface area contributed by atoms with Gasteiger partial charge < -0.3 is 10.6 Å². The van der Waals surface area contributed by atoms with Crippen molar-refractivity contribution in [2.45, 2.75) is 52.5 Å². The Bertz CT molecular complexity index is 704. The molecule has 0 aliphatic heterocycles. The van der Waals surface area contributed by atoms with Crippen LogP contribution in [0.2, 0.25) is 0 Å². The van der Waals surface area contributed by atoms with Crippen molar-refractivity contribution in [2.24, 2.45) is 0 Å². The number of pyridine rings is 1. The first-order valence-corrected chi connectivity index (χ1v) is 8.43. The minimum atomic E-state index is -0.0930. The number of nitrogens with zero attached hydrogens (tertiary/aromatic N) is 1. The lowest BCUT2D eigenvalue weighted by molar-refractivity contribution is 0.0939. The van der Waals surface area contributed by atoms with Crippen LogP contribution < -0.4 is 10.6 Å². The minimum Gasteiger partial charge on any atom is -0.354 e. The number of benzene rings is 1. The molecule has 0 saturated heterocycles. The van der Waals surface area contributed by atoms with Gasteiger partial charge in [-0.15, -0.1) is 0 Å². The monoisotopic (exact) mass is 325 g/mol. The molecule has 1 heterocycles. The average Bonchev–Trinajstić information content (AvgIpc) is 2.54. The van der Waals surface area contributed by atoms with Crippen molar-refractivity contribution in [3.8, 4) is 0 Å². The van der Waals surface area contributed by atoms with E-state index in [1.807, 2.05) is 38.1 Å². The first-order chi connectivity index (χ1) is 11.3. The third-order valence-electron chi connectivity index (χ3n) is 4.00. The molecule has 0 fully saturated rings. The van der Waals surface area contributed by atoms with Crippen LogP contribution in [0.1, 0.15) is 57.0 Å².